The Kier molecular flexibility index (Phi) is 11.9. The molecule has 0 saturated heterocycles. The highest BCUT2D eigenvalue weighted by molar-refractivity contribution is 9.40. The maximum Gasteiger partial charge on any atom is 0.193 e. The van der Waals surface area contributed by atoms with Gasteiger partial charge in [-0.2, -0.15) is 0 Å². The maximum absolute atomic E-state index is 10.6. The van der Waals surface area contributed by atoms with Crippen LogP contribution < -0.4 is 0 Å². The first-order chi connectivity index (χ1) is 5.75. The van der Waals surface area contributed by atoms with E-state index in [9.17, 15) is 9.59 Å². The molecule has 0 aromatic rings. The van der Waals surface area contributed by atoms with E-state index >= 15 is 0 Å². The van der Waals surface area contributed by atoms with Crippen LogP contribution in [0.15, 0.2) is 0 Å². The lowest BCUT2D eigenvalue weighted by atomic mass is 10.5. The summed E-state index contributed by atoms with van der Waals surface area (Å²) in [5, 5.41) is 0.807. The third kappa shape index (κ3) is 13.7. The molecule has 0 fully saturated rings. The minimum absolute atomic E-state index is 0.00231. The Morgan fingerprint density at radius 1 is 1.08 bits per heavy atom. The van der Waals surface area contributed by atoms with Gasteiger partial charge in [0.05, 0.1) is 10.7 Å². The predicted molar refractivity (Wildman–Crippen MR) is 72.8 cm³/mol. The predicted octanol–water partition coefficient (Wildman–Crippen LogP) is 3.76. The van der Waals surface area contributed by atoms with E-state index in [4.69, 9.17) is 0 Å². The highest BCUT2D eigenvalue weighted by Gasteiger charge is 2.26. The number of carbonyl (C=O) groups excluding carboxylic acids is 2. The summed E-state index contributed by atoms with van der Waals surface area (Å²) in [6.07, 6.45) is 0. The molecule has 0 atom stereocenters. The molecule has 2 nitrogen and oxygen atoms in total. The molecule has 0 saturated carbocycles. The molecule has 0 aliphatic carbocycles. The van der Waals surface area contributed by atoms with Crippen molar-refractivity contribution in [3.63, 3.8) is 0 Å². The first-order valence-corrected chi connectivity index (χ1v) is 7.59. The molecule has 78 valence electrons. The molecular weight excluding hydrogens is 504 g/mol. The zero-order valence-corrected chi connectivity index (χ0v) is 14.6. The fourth-order valence-electron chi connectivity index (χ4n) is 0.0758. The monoisotopic (exact) mass is 506 g/mol. The zero-order valence-electron chi connectivity index (χ0n) is 6.62. The van der Waals surface area contributed by atoms with Crippen molar-refractivity contribution in [3.8, 4) is 0 Å². The van der Waals surface area contributed by atoms with Gasteiger partial charge < -0.3 is 0 Å². The second-order valence-corrected chi connectivity index (χ2v) is 9.77. The summed E-state index contributed by atoms with van der Waals surface area (Å²) in [5.74, 6) is 0.169. The van der Waals surface area contributed by atoms with E-state index < -0.39 is 2.14 Å². The number of hydrogen-bond acceptors (Lipinski definition) is 2. The maximum atomic E-state index is 10.6. The lowest BCUT2D eigenvalue weighted by Gasteiger charge is -2.05. The Labute approximate surface area is 119 Å². The minimum atomic E-state index is -0.740. The van der Waals surface area contributed by atoms with E-state index in [0.717, 1.165) is 0 Å². The molecule has 0 bridgehead atoms. The second kappa shape index (κ2) is 9.00. The minimum Gasteiger partial charge on any atom is -0.299 e. The van der Waals surface area contributed by atoms with Crippen molar-refractivity contribution < 1.29 is 9.59 Å². The highest BCUT2D eigenvalue weighted by atomic mass is 80.0. The van der Waals surface area contributed by atoms with Crippen molar-refractivity contribution in [2.75, 3.05) is 10.7 Å². The molecular formula is C6H7Br5O2. The molecule has 0 heterocycles. The zero-order chi connectivity index (χ0) is 11.1. The van der Waals surface area contributed by atoms with E-state index in [0.29, 0.717) is 10.7 Å². The van der Waals surface area contributed by atoms with Crippen LogP contribution in [0.1, 0.15) is 6.92 Å². The number of Topliss-reactive ketones (excluding diaryl/α,β-unsaturated/α-hetero) is 2. The number of hydrogen-bond donors (Lipinski definition) is 0. The van der Waals surface area contributed by atoms with Crippen molar-refractivity contribution >= 4 is 91.2 Å². The number of halogens is 5. The smallest absolute Gasteiger partial charge is 0.193 e. The normalized spacial score (nSPS) is 10.0. The molecule has 0 amide bonds. The summed E-state index contributed by atoms with van der Waals surface area (Å²) >= 11 is 15.1. The summed E-state index contributed by atoms with van der Waals surface area (Å²) in [7, 11) is 0. The summed E-state index contributed by atoms with van der Waals surface area (Å²) in [4.78, 5) is 20.4. The van der Waals surface area contributed by atoms with Crippen molar-refractivity contribution in [3.05, 3.63) is 0 Å². The highest BCUT2D eigenvalue weighted by Crippen LogP contribution is 2.34. The summed E-state index contributed by atoms with van der Waals surface area (Å²) < 4.78 is -0.740. The van der Waals surface area contributed by atoms with E-state index in [1.54, 1.807) is 0 Å². The number of rotatable bonds is 2. The average Bonchev–Trinajstić information content (AvgIpc) is 2.02. The fraction of sp³-hybridized carbons (Fsp3) is 0.667. The van der Waals surface area contributed by atoms with Crippen LogP contribution in [0.5, 0.6) is 0 Å². The lowest BCUT2D eigenvalue weighted by molar-refractivity contribution is -0.115. The number of ketones is 2. The molecule has 7 heteroatoms. The molecule has 0 aliphatic heterocycles. The third-order valence-corrected chi connectivity index (χ3v) is 3.25. The summed E-state index contributed by atoms with van der Waals surface area (Å²) in [6.45, 7) is 1.54. The van der Waals surface area contributed by atoms with Gasteiger partial charge in [-0.1, -0.05) is 79.6 Å². The van der Waals surface area contributed by atoms with Crippen LogP contribution in [-0.4, -0.2) is 24.4 Å². The van der Waals surface area contributed by atoms with E-state index in [2.05, 4.69) is 79.6 Å². The van der Waals surface area contributed by atoms with Crippen molar-refractivity contribution in [1.82, 2.24) is 0 Å². The summed E-state index contributed by atoms with van der Waals surface area (Å²) in [6, 6.07) is 0. The third-order valence-electron chi connectivity index (χ3n) is 0.626. The molecule has 0 aromatic heterocycles. The number of carbonyl (C=O) groups is 2. The Morgan fingerprint density at radius 2 is 1.38 bits per heavy atom. The van der Waals surface area contributed by atoms with Gasteiger partial charge in [-0.15, -0.1) is 0 Å². The van der Waals surface area contributed by atoms with E-state index in [1.165, 1.54) is 6.92 Å². The molecule has 0 N–H and O–H groups in total. The van der Waals surface area contributed by atoms with Gasteiger partial charge in [0.15, 0.2) is 7.93 Å². The number of alkyl halides is 5. The van der Waals surface area contributed by atoms with Crippen molar-refractivity contribution in [2.24, 2.45) is 0 Å². The van der Waals surface area contributed by atoms with Gasteiger partial charge in [-0.25, -0.2) is 0 Å². The van der Waals surface area contributed by atoms with Crippen LogP contribution in [0.4, 0.5) is 0 Å². The second-order valence-electron chi connectivity index (χ2n) is 1.89. The topological polar surface area (TPSA) is 34.1 Å². The van der Waals surface area contributed by atoms with Gasteiger partial charge in [0.25, 0.3) is 0 Å². The standard InChI is InChI=1S/C3H2Br4O.C3H5BrO/c4-1-2(8)3(5,6)7;1-3(5)2-4/h1H2;2H2,1H3. The first kappa shape index (κ1) is 17.1. The Morgan fingerprint density at radius 3 is 1.38 bits per heavy atom. The molecule has 0 radical (unpaired) electrons. The quantitative estimate of drug-likeness (QED) is 0.531. The molecule has 0 aliphatic rings. The fourth-order valence-corrected chi connectivity index (χ4v) is 2.05. The van der Waals surface area contributed by atoms with Gasteiger partial charge in [0.2, 0.25) is 0 Å². The average molecular weight is 511 g/mol. The van der Waals surface area contributed by atoms with Crippen molar-refractivity contribution in [2.45, 2.75) is 9.07 Å². The van der Waals surface area contributed by atoms with E-state index in [-0.39, 0.29) is 11.6 Å². The van der Waals surface area contributed by atoms with Crippen molar-refractivity contribution in [1.29, 1.82) is 0 Å². The van der Waals surface area contributed by atoms with Gasteiger partial charge in [-0.05, 0) is 6.92 Å². The van der Waals surface area contributed by atoms with Crippen LogP contribution in [0.25, 0.3) is 0 Å². The lowest BCUT2D eigenvalue weighted by Crippen LogP contribution is -2.17. The SMILES string of the molecule is CC(=O)CBr.O=C(CBr)C(Br)(Br)Br. The van der Waals surface area contributed by atoms with Gasteiger partial charge in [0, 0.05) is 0 Å². The van der Waals surface area contributed by atoms with Crippen LogP contribution in [-0.2, 0) is 9.59 Å². The molecule has 0 spiro atoms. The van der Waals surface area contributed by atoms with E-state index in [1.807, 2.05) is 0 Å². The first-order valence-electron chi connectivity index (χ1n) is 2.97. The largest absolute Gasteiger partial charge is 0.299 e. The van der Waals surface area contributed by atoms with Crippen LogP contribution in [0.2, 0.25) is 0 Å². The van der Waals surface area contributed by atoms with Crippen LogP contribution >= 0.6 is 79.6 Å². The molecule has 0 rings (SSSR count). The molecule has 0 aromatic carbocycles. The Balaban J connectivity index is 0. The van der Waals surface area contributed by atoms with Crippen LogP contribution in [0.3, 0.4) is 0 Å². The van der Waals surface area contributed by atoms with Gasteiger partial charge >= 0.3 is 0 Å². The molecule has 0 unspecified atom stereocenters. The Hall–Kier alpha value is 1.74. The Bertz CT molecular complexity index is 174. The summed E-state index contributed by atoms with van der Waals surface area (Å²) in [5.41, 5.74) is 0. The van der Waals surface area contributed by atoms with Gasteiger partial charge in [0.1, 0.15) is 5.78 Å². The van der Waals surface area contributed by atoms with Crippen LogP contribution in [0, 0.1) is 0 Å². The molecule has 13 heavy (non-hydrogen) atoms. The van der Waals surface area contributed by atoms with Gasteiger partial charge in [-0.3, -0.25) is 9.59 Å².